The van der Waals surface area contributed by atoms with Crippen LogP contribution in [-0.2, 0) is 11.2 Å². The van der Waals surface area contributed by atoms with Crippen molar-refractivity contribution in [2.75, 3.05) is 5.32 Å². The van der Waals surface area contributed by atoms with Crippen LogP contribution in [-0.4, -0.2) is 32.1 Å². The number of rotatable bonds is 5. The maximum atomic E-state index is 11.8. The second-order valence-corrected chi connectivity index (χ2v) is 4.08. The molecule has 0 aliphatic rings. The molecule has 0 saturated carbocycles. The molecule has 0 spiro atoms. The molecule has 0 fully saturated rings. The minimum Gasteiger partial charge on any atom is -0.477 e. The molecule has 2 rings (SSSR count). The number of carboxylic acid groups (broad SMARTS) is 1. The van der Waals surface area contributed by atoms with E-state index in [2.05, 4.69) is 15.5 Å². The molecule has 0 atom stereocenters. The molecule has 1 amide bonds. The summed E-state index contributed by atoms with van der Waals surface area (Å²) in [4.78, 5) is 32.7. The third kappa shape index (κ3) is 3.41. The van der Waals surface area contributed by atoms with Gasteiger partial charge in [-0.05, 0) is 0 Å². The van der Waals surface area contributed by atoms with Gasteiger partial charge in [-0.3, -0.25) is 20.0 Å². The van der Waals surface area contributed by atoms with Gasteiger partial charge in [-0.15, -0.1) is 0 Å². The van der Waals surface area contributed by atoms with Crippen LogP contribution in [0.15, 0.2) is 30.3 Å². The number of carboxylic acids is 1. The van der Waals surface area contributed by atoms with Gasteiger partial charge in [0.25, 0.3) is 5.69 Å². The number of carbonyl (C=O) groups is 2. The zero-order valence-corrected chi connectivity index (χ0v) is 10.6. The van der Waals surface area contributed by atoms with Crippen LogP contribution < -0.4 is 5.32 Å². The number of aromatic amines is 1. The Hall–Kier alpha value is -3.23. The van der Waals surface area contributed by atoms with Gasteiger partial charge < -0.3 is 10.4 Å². The number of amides is 1. The number of para-hydroxylation sites is 1. The number of hydrogen-bond donors (Lipinski definition) is 3. The number of hydrogen-bond acceptors (Lipinski definition) is 5. The average Bonchev–Trinajstić information content (AvgIpc) is 2.87. The Kier molecular flexibility index (Phi) is 3.93. The first kappa shape index (κ1) is 14.2. The van der Waals surface area contributed by atoms with Gasteiger partial charge >= 0.3 is 5.97 Å². The summed E-state index contributed by atoms with van der Waals surface area (Å²) in [6.45, 7) is 0. The van der Waals surface area contributed by atoms with Crippen LogP contribution in [0.25, 0.3) is 0 Å². The highest BCUT2D eigenvalue weighted by molar-refractivity contribution is 5.93. The van der Waals surface area contributed by atoms with Crippen LogP contribution in [0.2, 0.25) is 0 Å². The molecule has 108 valence electrons. The highest BCUT2D eigenvalue weighted by Gasteiger charge is 2.16. The molecule has 9 heteroatoms. The first-order chi connectivity index (χ1) is 9.97. The smallest absolute Gasteiger partial charge is 0.353 e. The molecule has 0 saturated heterocycles. The highest BCUT2D eigenvalue weighted by Crippen LogP contribution is 2.18. The summed E-state index contributed by atoms with van der Waals surface area (Å²) in [5.74, 6) is -1.70. The van der Waals surface area contributed by atoms with Crippen molar-refractivity contribution in [1.29, 1.82) is 0 Å². The zero-order chi connectivity index (χ0) is 15.4. The molecular weight excluding hydrogens is 280 g/mol. The van der Waals surface area contributed by atoms with Crippen molar-refractivity contribution < 1.29 is 19.6 Å². The highest BCUT2D eigenvalue weighted by atomic mass is 16.6. The zero-order valence-electron chi connectivity index (χ0n) is 10.6. The second-order valence-electron chi connectivity index (χ2n) is 4.08. The Morgan fingerprint density at radius 1 is 1.38 bits per heavy atom. The van der Waals surface area contributed by atoms with Gasteiger partial charge in [-0.25, -0.2) is 4.79 Å². The SMILES string of the molecule is O=C(Cc1ccccc1[N+](=O)[O-])Nc1cc(C(=O)O)[nH]n1. The average molecular weight is 290 g/mol. The quantitative estimate of drug-likeness (QED) is 0.558. The lowest BCUT2D eigenvalue weighted by Gasteiger charge is -2.03. The van der Waals surface area contributed by atoms with Gasteiger partial charge in [0.1, 0.15) is 5.69 Å². The van der Waals surface area contributed by atoms with Crippen molar-refractivity contribution in [1.82, 2.24) is 10.2 Å². The van der Waals surface area contributed by atoms with Gasteiger partial charge in [-0.2, -0.15) is 5.10 Å². The predicted octanol–water partition coefficient (Wildman–Crippen LogP) is 1.20. The molecule has 1 heterocycles. The lowest BCUT2D eigenvalue weighted by Crippen LogP contribution is -2.15. The molecule has 9 nitrogen and oxygen atoms in total. The summed E-state index contributed by atoms with van der Waals surface area (Å²) in [5, 5.41) is 27.7. The summed E-state index contributed by atoms with van der Waals surface area (Å²) in [5.41, 5.74) is -0.0640. The third-order valence-electron chi connectivity index (χ3n) is 2.62. The lowest BCUT2D eigenvalue weighted by atomic mass is 10.1. The molecule has 0 unspecified atom stereocenters. The molecule has 21 heavy (non-hydrogen) atoms. The minimum atomic E-state index is -1.21. The molecule has 0 aliphatic carbocycles. The van der Waals surface area contributed by atoms with Crippen LogP contribution in [0.1, 0.15) is 16.1 Å². The molecule has 0 aliphatic heterocycles. The Morgan fingerprint density at radius 3 is 2.71 bits per heavy atom. The fourth-order valence-corrected chi connectivity index (χ4v) is 1.69. The number of nitro groups is 1. The molecule has 2 aromatic rings. The van der Waals surface area contributed by atoms with Crippen molar-refractivity contribution in [2.24, 2.45) is 0 Å². The van der Waals surface area contributed by atoms with E-state index < -0.39 is 16.8 Å². The van der Waals surface area contributed by atoms with E-state index in [1.807, 2.05) is 0 Å². The molecule has 1 aromatic carbocycles. The number of carbonyl (C=O) groups excluding carboxylic acids is 1. The maximum absolute atomic E-state index is 11.8. The summed E-state index contributed by atoms with van der Waals surface area (Å²) >= 11 is 0. The largest absolute Gasteiger partial charge is 0.477 e. The van der Waals surface area contributed by atoms with Crippen LogP contribution in [0.3, 0.4) is 0 Å². The third-order valence-corrected chi connectivity index (χ3v) is 2.62. The van der Waals surface area contributed by atoms with Crippen LogP contribution >= 0.6 is 0 Å². The molecular formula is C12H10N4O5. The van der Waals surface area contributed by atoms with E-state index in [1.165, 1.54) is 18.2 Å². The van der Waals surface area contributed by atoms with Gasteiger partial charge in [0, 0.05) is 17.7 Å². The van der Waals surface area contributed by atoms with Crippen LogP contribution in [0, 0.1) is 10.1 Å². The Morgan fingerprint density at radius 2 is 2.10 bits per heavy atom. The molecule has 0 radical (unpaired) electrons. The monoisotopic (exact) mass is 290 g/mol. The topological polar surface area (TPSA) is 138 Å². The van der Waals surface area contributed by atoms with Crippen molar-refractivity contribution in [3.05, 3.63) is 51.7 Å². The van der Waals surface area contributed by atoms with E-state index in [-0.39, 0.29) is 29.2 Å². The standard InChI is InChI=1S/C12H10N4O5/c17-11(13-10-6-8(12(18)19)14-15-10)5-7-3-1-2-4-9(7)16(20)21/h1-4,6H,5H2,(H,18,19)(H2,13,14,15,17). The lowest BCUT2D eigenvalue weighted by molar-refractivity contribution is -0.385. The van der Waals surface area contributed by atoms with Crippen LogP contribution in [0.4, 0.5) is 11.5 Å². The Bertz CT molecular complexity index is 709. The number of benzene rings is 1. The Balaban J connectivity index is 2.08. The number of anilines is 1. The summed E-state index contributed by atoms with van der Waals surface area (Å²) in [6.07, 6.45) is -0.216. The van der Waals surface area contributed by atoms with Crippen LogP contribution in [0.5, 0.6) is 0 Å². The van der Waals surface area contributed by atoms with Crippen molar-refractivity contribution in [3.8, 4) is 0 Å². The number of aromatic nitrogens is 2. The van der Waals surface area contributed by atoms with E-state index in [0.717, 1.165) is 6.07 Å². The van der Waals surface area contributed by atoms with Gasteiger partial charge in [0.05, 0.1) is 11.3 Å². The van der Waals surface area contributed by atoms with Gasteiger partial charge in [0.15, 0.2) is 5.82 Å². The molecule has 1 aromatic heterocycles. The number of nitro benzene ring substituents is 1. The number of nitrogens with one attached hydrogen (secondary N) is 2. The van der Waals surface area contributed by atoms with Crippen molar-refractivity contribution in [3.63, 3.8) is 0 Å². The Labute approximate surface area is 117 Å². The first-order valence-corrected chi connectivity index (χ1v) is 5.78. The predicted molar refractivity (Wildman–Crippen MR) is 71.0 cm³/mol. The van der Waals surface area contributed by atoms with E-state index in [0.29, 0.717) is 0 Å². The fraction of sp³-hybridized carbons (Fsp3) is 0.0833. The maximum Gasteiger partial charge on any atom is 0.353 e. The normalized spacial score (nSPS) is 10.1. The van der Waals surface area contributed by atoms with E-state index in [4.69, 9.17) is 5.11 Å². The minimum absolute atomic E-state index is 0.0379. The number of aromatic carboxylic acids is 1. The summed E-state index contributed by atoms with van der Waals surface area (Å²) in [7, 11) is 0. The van der Waals surface area contributed by atoms with Crippen molar-refractivity contribution >= 4 is 23.4 Å². The van der Waals surface area contributed by atoms with E-state index >= 15 is 0 Å². The summed E-state index contributed by atoms with van der Waals surface area (Å²) < 4.78 is 0. The van der Waals surface area contributed by atoms with Crippen molar-refractivity contribution in [2.45, 2.75) is 6.42 Å². The summed E-state index contributed by atoms with van der Waals surface area (Å²) in [6, 6.07) is 7.03. The number of nitrogens with zero attached hydrogens (tertiary/aromatic N) is 2. The molecule has 3 N–H and O–H groups in total. The van der Waals surface area contributed by atoms with Gasteiger partial charge in [0.2, 0.25) is 5.91 Å². The van der Waals surface area contributed by atoms with E-state index in [1.54, 1.807) is 6.07 Å². The molecule has 0 bridgehead atoms. The number of H-pyrrole nitrogens is 1. The fourth-order valence-electron chi connectivity index (χ4n) is 1.69. The second kappa shape index (κ2) is 5.82. The van der Waals surface area contributed by atoms with E-state index in [9.17, 15) is 19.7 Å². The van der Waals surface area contributed by atoms with Gasteiger partial charge in [-0.1, -0.05) is 18.2 Å². The first-order valence-electron chi connectivity index (χ1n) is 5.78.